The summed E-state index contributed by atoms with van der Waals surface area (Å²) < 4.78 is 25.0. The van der Waals surface area contributed by atoms with E-state index in [0.717, 1.165) is 12.8 Å². The summed E-state index contributed by atoms with van der Waals surface area (Å²) in [6.45, 7) is 4.26. The maximum absolute atomic E-state index is 11.6. The normalized spacial score (nSPS) is 19.9. The van der Waals surface area contributed by atoms with Crippen molar-refractivity contribution in [3.8, 4) is 0 Å². The van der Waals surface area contributed by atoms with E-state index in [1.54, 1.807) is 11.2 Å². The van der Waals surface area contributed by atoms with Crippen LogP contribution in [0.15, 0.2) is 0 Å². The second-order valence-electron chi connectivity index (χ2n) is 3.54. The molecule has 1 aliphatic carbocycles. The van der Waals surface area contributed by atoms with Crippen molar-refractivity contribution in [2.24, 2.45) is 0 Å². The standard InChI is InChI=1S/C9H19NO2S/c1-3-10(13(11,12)4-2)9-7-5-6-8-9/h9H,3-8H2,1-2H3. The van der Waals surface area contributed by atoms with Crippen molar-refractivity contribution >= 4 is 10.0 Å². The number of hydrogen-bond acceptors (Lipinski definition) is 2. The first-order valence-electron chi connectivity index (χ1n) is 5.11. The molecule has 0 heterocycles. The van der Waals surface area contributed by atoms with E-state index in [0.29, 0.717) is 6.54 Å². The minimum atomic E-state index is -2.96. The summed E-state index contributed by atoms with van der Waals surface area (Å²) in [5.74, 6) is 0.233. The van der Waals surface area contributed by atoms with Crippen LogP contribution in [0.5, 0.6) is 0 Å². The molecule has 0 aromatic carbocycles. The molecular formula is C9H19NO2S. The van der Waals surface area contributed by atoms with E-state index in [1.165, 1.54) is 12.8 Å². The van der Waals surface area contributed by atoms with Gasteiger partial charge < -0.3 is 0 Å². The minimum Gasteiger partial charge on any atom is -0.212 e. The van der Waals surface area contributed by atoms with Crippen molar-refractivity contribution in [2.75, 3.05) is 12.3 Å². The molecule has 3 nitrogen and oxygen atoms in total. The van der Waals surface area contributed by atoms with E-state index in [-0.39, 0.29) is 11.8 Å². The topological polar surface area (TPSA) is 37.4 Å². The zero-order chi connectivity index (χ0) is 9.90. The Morgan fingerprint density at radius 3 is 2.15 bits per heavy atom. The maximum atomic E-state index is 11.6. The molecule has 1 saturated carbocycles. The van der Waals surface area contributed by atoms with E-state index < -0.39 is 10.0 Å². The van der Waals surface area contributed by atoms with E-state index in [2.05, 4.69) is 0 Å². The van der Waals surface area contributed by atoms with Gasteiger partial charge in [0.15, 0.2) is 0 Å². The Kier molecular flexibility index (Phi) is 3.74. The van der Waals surface area contributed by atoms with Crippen LogP contribution in [-0.4, -0.2) is 31.1 Å². The first kappa shape index (κ1) is 11.0. The Labute approximate surface area is 81.2 Å². The van der Waals surface area contributed by atoms with E-state index in [4.69, 9.17) is 0 Å². The van der Waals surface area contributed by atoms with Gasteiger partial charge in [0, 0.05) is 12.6 Å². The summed E-state index contributed by atoms with van der Waals surface area (Å²) in [5, 5.41) is 0. The lowest BCUT2D eigenvalue weighted by Crippen LogP contribution is -2.39. The summed E-state index contributed by atoms with van der Waals surface area (Å²) in [4.78, 5) is 0. The summed E-state index contributed by atoms with van der Waals surface area (Å²) in [6, 6.07) is 0.287. The SMILES string of the molecule is CCN(C1CCCC1)S(=O)(=O)CC. The summed E-state index contributed by atoms with van der Waals surface area (Å²) in [7, 11) is -2.96. The third-order valence-corrected chi connectivity index (χ3v) is 4.77. The van der Waals surface area contributed by atoms with Crippen molar-refractivity contribution in [1.82, 2.24) is 4.31 Å². The van der Waals surface area contributed by atoms with Crippen LogP contribution in [0.25, 0.3) is 0 Å². The van der Waals surface area contributed by atoms with Crippen LogP contribution in [0.1, 0.15) is 39.5 Å². The Bertz CT molecular complexity index is 242. The highest BCUT2D eigenvalue weighted by Gasteiger charge is 2.29. The molecule has 0 aromatic rings. The fraction of sp³-hybridized carbons (Fsp3) is 1.00. The van der Waals surface area contributed by atoms with Crippen LogP contribution < -0.4 is 0 Å². The van der Waals surface area contributed by atoms with Crippen molar-refractivity contribution in [3.05, 3.63) is 0 Å². The summed E-state index contributed by atoms with van der Waals surface area (Å²) >= 11 is 0. The molecule has 0 unspecified atom stereocenters. The number of nitrogens with zero attached hydrogens (tertiary/aromatic N) is 1. The molecule has 0 atom stereocenters. The molecule has 13 heavy (non-hydrogen) atoms. The highest BCUT2D eigenvalue weighted by Crippen LogP contribution is 2.25. The Hall–Kier alpha value is -0.0900. The van der Waals surface area contributed by atoms with Crippen molar-refractivity contribution < 1.29 is 8.42 Å². The van der Waals surface area contributed by atoms with Gasteiger partial charge >= 0.3 is 0 Å². The number of hydrogen-bond donors (Lipinski definition) is 0. The average molecular weight is 205 g/mol. The van der Waals surface area contributed by atoms with Gasteiger partial charge in [-0.3, -0.25) is 0 Å². The Balaban J connectivity index is 2.71. The molecule has 0 bridgehead atoms. The molecular weight excluding hydrogens is 186 g/mol. The van der Waals surface area contributed by atoms with Crippen LogP contribution in [0, 0.1) is 0 Å². The second-order valence-corrected chi connectivity index (χ2v) is 5.75. The van der Waals surface area contributed by atoms with Gasteiger partial charge in [-0.25, -0.2) is 8.42 Å². The predicted molar refractivity (Wildman–Crippen MR) is 54.1 cm³/mol. The number of sulfonamides is 1. The van der Waals surface area contributed by atoms with Gasteiger partial charge in [-0.05, 0) is 19.8 Å². The molecule has 0 saturated heterocycles. The Morgan fingerprint density at radius 1 is 1.23 bits per heavy atom. The van der Waals surface area contributed by atoms with Crippen molar-refractivity contribution in [2.45, 2.75) is 45.6 Å². The van der Waals surface area contributed by atoms with Crippen LogP contribution in [0.4, 0.5) is 0 Å². The third-order valence-electron chi connectivity index (χ3n) is 2.77. The third kappa shape index (κ3) is 2.44. The second kappa shape index (κ2) is 4.42. The maximum Gasteiger partial charge on any atom is 0.214 e. The molecule has 0 spiro atoms. The fourth-order valence-electron chi connectivity index (χ4n) is 2.04. The van der Waals surface area contributed by atoms with Gasteiger partial charge in [-0.1, -0.05) is 19.8 Å². The van der Waals surface area contributed by atoms with Gasteiger partial charge in [0.25, 0.3) is 0 Å². The highest BCUT2D eigenvalue weighted by molar-refractivity contribution is 7.89. The number of rotatable bonds is 4. The average Bonchev–Trinajstić information content (AvgIpc) is 2.58. The largest absolute Gasteiger partial charge is 0.214 e. The van der Waals surface area contributed by atoms with Crippen LogP contribution in [0.2, 0.25) is 0 Å². The monoisotopic (exact) mass is 205 g/mol. The van der Waals surface area contributed by atoms with Gasteiger partial charge in [0.1, 0.15) is 0 Å². The van der Waals surface area contributed by atoms with E-state index >= 15 is 0 Å². The lowest BCUT2D eigenvalue weighted by molar-refractivity contribution is 0.336. The van der Waals surface area contributed by atoms with Crippen LogP contribution in [-0.2, 0) is 10.0 Å². The summed E-state index contributed by atoms with van der Waals surface area (Å²) in [6.07, 6.45) is 4.46. The van der Waals surface area contributed by atoms with E-state index in [1.807, 2.05) is 6.92 Å². The molecule has 0 amide bonds. The molecule has 1 rings (SSSR count). The first-order valence-corrected chi connectivity index (χ1v) is 6.72. The first-order chi connectivity index (χ1) is 6.11. The molecule has 0 radical (unpaired) electrons. The van der Waals surface area contributed by atoms with Crippen molar-refractivity contribution in [1.29, 1.82) is 0 Å². The minimum absolute atomic E-state index is 0.233. The van der Waals surface area contributed by atoms with Crippen LogP contribution >= 0.6 is 0 Å². The zero-order valence-electron chi connectivity index (χ0n) is 8.49. The Morgan fingerprint density at radius 2 is 1.77 bits per heavy atom. The zero-order valence-corrected chi connectivity index (χ0v) is 9.31. The smallest absolute Gasteiger partial charge is 0.212 e. The van der Waals surface area contributed by atoms with E-state index in [9.17, 15) is 8.42 Å². The summed E-state index contributed by atoms with van der Waals surface area (Å²) in [5.41, 5.74) is 0. The highest BCUT2D eigenvalue weighted by atomic mass is 32.2. The van der Waals surface area contributed by atoms with Gasteiger partial charge in [0.05, 0.1) is 5.75 Å². The molecule has 0 aromatic heterocycles. The molecule has 78 valence electrons. The molecule has 0 N–H and O–H groups in total. The molecule has 4 heteroatoms. The molecule has 1 fully saturated rings. The lowest BCUT2D eigenvalue weighted by atomic mass is 10.2. The van der Waals surface area contributed by atoms with Gasteiger partial charge in [-0.2, -0.15) is 4.31 Å². The quantitative estimate of drug-likeness (QED) is 0.699. The molecule has 1 aliphatic rings. The fourth-order valence-corrected chi connectivity index (χ4v) is 3.43. The predicted octanol–water partition coefficient (Wildman–Crippen LogP) is 1.60. The van der Waals surface area contributed by atoms with Gasteiger partial charge in [-0.15, -0.1) is 0 Å². The van der Waals surface area contributed by atoms with Gasteiger partial charge in [0.2, 0.25) is 10.0 Å². The lowest BCUT2D eigenvalue weighted by Gasteiger charge is -2.25. The molecule has 0 aliphatic heterocycles. The van der Waals surface area contributed by atoms with Crippen molar-refractivity contribution in [3.63, 3.8) is 0 Å². The van der Waals surface area contributed by atoms with Crippen LogP contribution in [0.3, 0.4) is 0 Å².